The SMILES string of the molecule is c1ccc(N(c2ccccc2)c2ccc(-c3ccc(-n4c5ccccc5c5c6c(-c7cccc8ccccc78)cccc6ccc54)cc3)cc2)cc1. The number of aromatic nitrogens is 1. The zero-order valence-corrected chi connectivity index (χ0v) is 28.5. The molecule has 10 rings (SSSR count). The van der Waals surface area contributed by atoms with Gasteiger partial charge in [-0.2, -0.15) is 0 Å². The Hall–Kier alpha value is -6.90. The van der Waals surface area contributed by atoms with E-state index in [0.29, 0.717) is 0 Å². The normalized spacial score (nSPS) is 11.5. The van der Waals surface area contributed by atoms with Crippen LogP contribution in [0.15, 0.2) is 206 Å². The molecule has 0 aliphatic heterocycles. The van der Waals surface area contributed by atoms with Gasteiger partial charge >= 0.3 is 0 Å². The van der Waals surface area contributed by atoms with Crippen LogP contribution in [0.25, 0.3) is 71.3 Å². The molecular formula is C50H34N2. The van der Waals surface area contributed by atoms with E-state index in [4.69, 9.17) is 0 Å². The summed E-state index contributed by atoms with van der Waals surface area (Å²) >= 11 is 0. The number of benzene rings is 9. The molecule has 0 fully saturated rings. The summed E-state index contributed by atoms with van der Waals surface area (Å²) < 4.78 is 2.43. The zero-order valence-electron chi connectivity index (χ0n) is 28.5. The maximum Gasteiger partial charge on any atom is 0.0547 e. The molecule has 9 aromatic carbocycles. The van der Waals surface area contributed by atoms with Gasteiger partial charge in [-0.15, -0.1) is 0 Å². The van der Waals surface area contributed by atoms with Crippen molar-refractivity contribution < 1.29 is 0 Å². The first-order valence-corrected chi connectivity index (χ1v) is 17.9. The van der Waals surface area contributed by atoms with Crippen LogP contribution >= 0.6 is 0 Å². The largest absolute Gasteiger partial charge is 0.311 e. The average Bonchev–Trinajstić information content (AvgIpc) is 3.56. The zero-order chi connectivity index (χ0) is 34.4. The number of rotatable bonds is 6. The second-order valence-corrected chi connectivity index (χ2v) is 13.3. The van der Waals surface area contributed by atoms with Crippen LogP contribution in [-0.2, 0) is 0 Å². The van der Waals surface area contributed by atoms with Crippen LogP contribution in [0.5, 0.6) is 0 Å². The van der Waals surface area contributed by atoms with E-state index in [0.717, 1.165) is 22.7 Å². The lowest BCUT2D eigenvalue weighted by molar-refractivity contribution is 1.18. The molecule has 0 N–H and O–H groups in total. The molecule has 0 spiro atoms. The van der Waals surface area contributed by atoms with E-state index in [1.165, 1.54) is 65.6 Å². The van der Waals surface area contributed by atoms with E-state index in [1.807, 2.05) is 0 Å². The first kappa shape index (κ1) is 30.0. The van der Waals surface area contributed by atoms with Crippen molar-refractivity contribution in [1.29, 1.82) is 0 Å². The number of fused-ring (bicyclic) bond motifs is 6. The second-order valence-electron chi connectivity index (χ2n) is 13.3. The van der Waals surface area contributed by atoms with Gasteiger partial charge in [-0.1, -0.05) is 146 Å². The quantitative estimate of drug-likeness (QED) is 0.172. The van der Waals surface area contributed by atoms with Crippen molar-refractivity contribution in [3.8, 4) is 27.9 Å². The monoisotopic (exact) mass is 662 g/mol. The molecule has 0 aliphatic carbocycles. The number of para-hydroxylation sites is 3. The molecule has 0 atom stereocenters. The van der Waals surface area contributed by atoms with Crippen molar-refractivity contribution in [3.05, 3.63) is 206 Å². The van der Waals surface area contributed by atoms with Crippen LogP contribution in [0.1, 0.15) is 0 Å². The maximum absolute atomic E-state index is 2.43. The number of hydrogen-bond donors (Lipinski definition) is 0. The maximum atomic E-state index is 2.43. The van der Waals surface area contributed by atoms with Gasteiger partial charge in [0.25, 0.3) is 0 Å². The van der Waals surface area contributed by atoms with Gasteiger partial charge in [0.2, 0.25) is 0 Å². The molecule has 0 saturated heterocycles. The van der Waals surface area contributed by atoms with Crippen molar-refractivity contribution in [1.82, 2.24) is 4.57 Å². The molecule has 1 aromatic heterocycles. The van der Waals surface area contributed by atoms with Crippen molar-refractivity contribution in [2.24, 2.45) is 0 Å². The molecule has 0 aliphatic rings. The predicted molar refractivity (Wildman–Crippen MR) is 221 cm³/mol. The number of hydrogen-bond acceptors (Lipinski definition) is 1. The van der Waals surface area contributed by atoms with Gasteiger partial charge in [0.15, 0.2) is 0 Å². The molecule has 0 saturated carbocycles. The van der Waals surface area contributed by atoms with Gasteiger partial charge in [0.05, 0.1) is 11.0 Å². The molecule has 0 amide bonds. The Bertz CT molecular complexity index is 2820. The van der Waals surface area contributed by atoms with Crippen LogP contribution in [-0.4, -0.2) is 4.57 Å². The fraction of sp³-hybridized carbons (Fsp3) is 0. The highest BCUT2D eigenvalue weighted by Crippen LogP contribution is 2.43. The Balaban J connectivity index is 1.08. The number of nitrogens with zero attached hydrogens (tertiary/aromatic N) is 2. The van der Waals surface area contributed by atoms with Gasteiger partial charge in [0.1, 0.15) is 0 Å². The summed E-state index contributed by atoms with van der Waals surface area (Å²) in [5.74, 6) is 0. The van der Waals surface area contributed by atoms with E-state index >= 15 is 0 Å². The molecule has 52 heavy (non-hydrogen) atoms. The van der Waals surface area contributed by atoms with Gasteiger partial charge in [-0.3, -0.25) is 0 Å². The van der Waals surface area contributed by atoms with Gasteiger partial charge in [0, 0.05) is 33.5 Å². The summed E-state index contributed by atoms with van der Waals surface area (Å²) in [6.45, 7) is 0. The third kappa shape index (κ3) is 4.96. The molecule has 10 aromatic rings. The first-order chi connectivity index (χ1) is 25.8. The van der Waals surface area contributed by atoms with Gasteiger partial charge in [-0.25, -0.2) is 0 Å². The van der Waals surface area contributed by atoms with Crippen LogP contribution in [0.4, 0.5) is 17.1 Å². The van der Waals surface area contributed by atoms with Crippen LogP contribution in [0.2, 0.25) is 0 Å². The molecule has 244 valence electrons. The second kappa shape index (κ2) is 12.5. The van der Waals surface area contributed by atoms with E-state index in [-0.39, 0.29) is 0 Å². The summed E-state index contributed by atoms with van der Waals surface area (Å²) in [7, 11) is 0. The minimum atomic E-state index is 1.12. The topological polar surface area (TPSA) is 8.17 Å². The molecule has 2 nitrogen and oxygen atoms in total. The molecule has 0 radical (unpaired) electrons. The van der Waals surface area contributed by atoms with Crippen LogP contribution < -0.4 is 4.90 Å². The fourth-order valence-corrected chi connectivity index (χ4v) is 8.01. The van der Waals surface area contributed by atoms with E-state index < -0.39 is 0 Å². The highest BCUT2D eigenvalue weighted by atomic mass is 15.1. The summed E-state index contributed by atoms with van der Waals surface area (Å²) in [5, 5.41) is 7.62. The molecule has 0 bridgehead atoms. The van der Waals surface area contributed by atoms with E-state index in [1.54, 1.807) is 0 Å². The Morgan fingerprint density at radius 3 is 1.56 bits per heavy atom. The smallest absolute Gasteiger partial charge is 0.0547 e. The third-order valence-electron chi connectivity index (χ3n) is 10.4. The van der Waals surface area contributed by atoms with E-state index in [2.05, 4.69) is 216 Å². The molecule has 1 heterocycles. The summed E-state index contributed by atoms with van der Waals surface area (Å²) in [5.41, 5.74) is 11.8. The van der Waals surface area contributed by atoms with Crippen molar-refractivity contribution in [2.75, 3.05) is 4.90 Å². The lowest BCUT2D eigenvalue weighted by Crippen LogP contribution is -2.09. The Kier molecular flexibility index (Phi) is 7.18. The van der Waals surface area contributed by atoms with Crippen LogP contribution in [0.3, 0.4) is 0 Å². The highest BCUT2D eigenvalue weighted by molar-refractivity contribution is 6.25. The summed E-state index contributed by atoms with van der Waals surface area (Å²) in [6, 6.07) is 74.5. The molecular weight excluding hydrogens is 629 g/mol. The molecule has 2 heteroatoms. The average molecular weight is 663 g/mol. The third-order valence-corrected chi connectivity index (χ3v) is 10.4. The lowest BCUT2D eigenvalue weighted by atomic mass is 9.92. The predicted octanol–water partition coefficient (Wildman–Crippen LogP) is 13.9. The Morgan fingerprint density at radius 2 is 0.846 bits per heavy atom. The Morgan fingerprint density at radius 1 is 0.308 bits per heavy atom. The first-order valence-electron chi connectivity index (χ1n) is 17.9. The van der Waals surface area contributed by atoms with Gasteiger partial charge in [-0.05, 0) is 104 Å². The number of anilines is 3. The lowest BCUT2D eigenvalue weighted by Gasteiger charge is -2.25. The summed E-state index contributed by atoms with van der Waals surface area (Å²) in [6.07, 6.45) is 0. The van der Waals surface area contributed by atoms with Gasteiger partial charge < -0.3 is 9.47 Å². The fourth-order valence-electron chi connectivity index (χ4n) is 8.01. The van der Waals surface area contributed by atoms with Crippen molar-refractivity contribution >= 4 is 60.4 Å². The van der Waals surface area contributed by atoms with Crippen molar-refractivity contribution in [3.63, 3.8) is 0 Å². The standard InChI is InChI=1S/C50H34N2/c1-3-16-39(17-4-1)51(40-18-5-2-6-19-40)41-30-25-35(26-31-41)36-27-32-42(33-28-36)52-47-24-10-9-21-46(47)50-48(52)34-29-38-15-12-23-45(49(38)50)44-22-11-14-37-13-7-8-20-43(37)44/h1-34H. The highest BCUT2D eigenvalue weighted by Gasteiger charge is 2.18. The minimum Gasteiger partial charge on any atom is -0.311 e. The van der Waals surface area contributed by atoms with E-state index in [9.17, 15) is 0 Å². The van der Waals surface area contributed by atoms with Crippen molar-refractivity contribution in [2.45, 2.75) is 0 Å². The summed E-state index contributed by atoms with van der Waals surface area (Å²) in [4.78, 5) is 2.30. The Labute approximate surface area is 303 Å². The molecule has 0 unspecified atom stereocenters. The minimum absolute atomic E-state index is 1.12. The van der Waals surface area contributed by atoms with Crippen LogP contribution in [0, 0.1) is 0 Å².